The Bertz CT molecular complexity index is 668. The van der Waals surface area contributed by atoms with E-state index in [-0.39, 0.29) is 5.97 Å². The van der Waals surface area contributed by atoms with E-state index in [1.165, 1.54) is 7.11 Å². The van der Waals surface area contributed by atoms with E-state index >= 15 is 0 Å². The molecule has 0 aliphatic heterocycles. The number of benzene rings is 1. The first kappa shape index (κ1) is 17.4. The summed E-state index contributed by atoms with van der Waals surface area (Å²) in [5.74, 6) is -0.145. The van der Waals surface area contributed by atoms with Gasteiger partial charge in [0.05, 0.1) is 7.11 Å². The van der Waals surface area contributed by atoms with E-state index in [1.54, 1.807) is 6.20 Å². The Labute approximate surface area is 145 Å². The van der Waals surface area contributed by atoms with Gasteiger partial charge in [-0.2, -0.15) is 0 Å². The fraction of sp³-hybridized carbons (Fsp3) is 0.263. The van der Waals surface area contributed by atoms with Crippen molar-refractivity contribution in [3.63, 3.8) is 0 Å². The number of carbonyl (C=O) groups is 1. The molecular formula is C19H20BrNO2. The van der Waals surface area contributed by atoms with Crippen LogP contribution in [0.1, 0.15) is 36.8 Å². The minimum Gasteiger partial charge on any atom is -0.469 e. The van der Waals surface area contributed by atoms with Crippen molar-refractivity contribution in [3.8, 4) is 0 Å². The Morgan fingerprint density at radius 3 is 2.74 bits per heavy atom. The first-order valence-electron chi connectivity index (χ1n) is 7.64. The van der Waals surface area contributed by atoms with Gasteiger partial charge in [-0.1, -0.05) is 40.2 Å². The average Bonchev–Trinajstić information content (AvgIpc) is 2.58. The Morgan fingerprint density at radius 1 is 1.22 bits per heavy atom. The van der Waals surface area contributed by atoms with Crippen molar-refractivity contribution in [3.05, 3.63) is 70.5 Å². The molecule has 0 unspecified atom stereocenters. The van der Waals surface area contributed by atoms with Gasteiger partial charge >= 0.3 is 5.97 Å². The predicted molar refractivity (Wildman–Crippen MR) is 95.9 cm³/mol. The Kier molecular flexibility index (Phi) is 7.01. The number of methoxy groups -OCH3 is 1. The van der Waals surface area contributed by atoms with Crippen molar-refractivity contribution in [2.45, 2.75) is 25.7 Å². The third-order valence-electron chi connectivity index (χ3n) is 3.52. The van der Waals surface area contributed by atoms with Crippen LogP contribution in [-0.2, 0) is 9.53 Å². The number of unbranched alkanes of at least 4 members (excludes halogenated alkanes) is 2. The highest BCUT2D eigenvalue weighted by Crippen LogP contribution is 2.26. The van der Waals surface area contributed by atoms with E-state index < -0.39 is 0 Å². The summed E-state index contributed by atoms with van der Waals surface area (Å²) >= 11 is 3.53. The number of aromatic nitrogens is 1. The van der Waals surface area contributed by atoms with E-state index in [9.17, 15) is 4.79 Å². The summed E-state index contributed by atoms with van der Waals surface area (Å²) in [5.41, 5.74) is 3.41. The fourth-order valence-corrected chi connectivity index (χ4v) is 2.74. The lowest BCUT2D eigenvalue weighted by Gasteiger charge is -2.09. The van der Waals surface area contributed by atoms with Crippen molar-refractivity contribution in [2.24, 2.45) is 0 Å². The first-order chi connectivity index (χ1) is 11.2. The van der Waals surface area contributed by atoms with Crippen molar-refractivity contribution in [1.29, 1.82) is 0 Å². The molecule has 0 aliphatic rings. The second-order valence-electron chi connectivity index (χ2n) is 5.19. The number of carbonyl (C=O) groups excluding carboxylic acids is 1. The van der Waals surface area contributed by atoms with Gasteiger partial charge < -0.3 is 4.74 Å². The average molecular weight is 374 g/mol. The van der Waals surface area contributed by atoms with Crippen molar-refractivity contribution < 1.29 is 9.53 Å². The van der Waals surface area contributed by atoms with Gasteiger partial charge in [-0.15, -0.1) is 0 Å². The van der Waals surface area contributed by atoms with E-state index in [2.05, 4.69) is 49.9 Å². The molecule has 0 spiro atoms. The molecule has 0 aliphatic carbocycles. The number of allylic oxidation sites excluding steroid dienone is 1. The van der Waals surface area contributed by atoms with Gasteiger partial charge in [-0.3, -0.25) is 9.78 Å². The summed E-state index contributed by atoms with van der Waals surface area (Å²) in [6, 6.07) is 12.2. The summed E-state index contributed by atoms with van der Waals surface area (Å²) in [5, 5.41) is 0. The van der Waals surface area contributed by atoms with Gasteiger partial charge in [0.2, 0.25) is 0 Å². The minimum absolute atomic E-state index is 0.145. The number of halogens is 1. The third kappa shape index (κ3) is 5.64. The molecule has 0 fully saturated rings. The molecule has 0 radical (unpaired) electrons. The molecule has 2 rings (SSSR count). The van der Waals surface area contributed by atoms with Crippen LogP contribution in [0.25, 0.3) is 5.57 Å². The van der Waals surface area contributed by atoms with Crippen LogP contribution in [0.2, 0.25) is 0 Å². The van der Waals surface area contributed by atoms with Crippen LogP contribution in [0, 0.1) is 0 Å². The molecule has 23 heavy (non-hydrogen) atoms. The summed E-state index contributed by atoms with van der Waals surface area (Å²) in [4.78, 5) is 15.4. The maximum Gasteiger partial charge on any atom is 0.305 e. The number of hydrogen-bond donors (Lipinski definition) is 0. The Morgan fingerprint density at radius 2 is 2.04 bits per heavy atom. The molecule has 4 heteroatoms. The van der Waals surface area contributed by atoms with E-state index in [0.29, 0.717) is 6.42 Å². The van der Waals surface area contributed by atoms with Gasteiger partial charge in [0.25, 0.3) is 0 Å². The normalized spacial score (nSPS) is 11.3. The Hall–Kier alpha value is -1.94. The first-order valence-corrected chi connectivity index (χ1v) is 8.43. The van der Waals surface area contributed by atoms with Crippen LogP contribution >= 0.6 is 15.9 Å². The maximum absolute atomic E-state index is 11.1. The smallest absolute Gasteiger partial charge is 0.305 e. The summed E-state index contributed by atoms with van der Waals surface area (Å²) in [6.45, 7) is 0. The minimum atomic E-state index is -0.145. The molecule has 1 heterocycles. The SMILES string of the molecule is COC(=O)CCCC/C=C(\c1cccnc1)c1cccc(Br)c1. The zero-order valence-electron chi connectivity index (χ0n) is 13.2. The van der Waals surface area contributed by atoms with Crippen LogP contribution in [-0.4, -0.2) is 18.1 Å². The monoisotopic (exact) mass is 373 g/mol. The Balaban J connectivity index is 2.11. The second-order valence-corrected chi connectivity index (χ2v) is 6.11. The molecule has 3 nitrogen and oxygen atoms in total. The molecule has 0 atom stereocenters. The van der Waals surface area contributed by atoms with Crippen LogP contribution in [0.4, 0.5) is 0 Å². The van der Waals surface area contributed by atoms with Crippen LogP contribution in [0.3, 0.4) is 0 Å². The summed E-state index contributed by atoms with van der Waals surface area (Å²) in [7, 11) is 1.43. The highest BCUT2D eigenvalue weighted by atomic mass is 79.9. The number of nitrogens with zero attached hydrogens (tertiary/aromatic N) is 1. The molecule has 0 N–H and O–H groups in total. The van der Waals surface area contributed by atoms with Crippen molar-refractivity contribution in [2.75, 3.05) is 7.11 Å². The zero-order chi connectivity index (χ0) is 16.5. The molecule has 0 bridgehead atoms. The molecule has 1 aromatic carbocycles. The highest BCUT2D eigenvalue weighted by molar-refractivity contribution is 9.10. The van der Waals surface area contributed by atoms with Gasteiger partial charge in [0, 0.05) is 28.9 Å². The highest BCUT2D eigenvalue weighted by Gasteiger charge is 2.06. The summed E-state index contributed by atoms with van der Waals surface area (Å²) < 4.78 is 5.71. The molecular weight excluding hydrogens is 354 g/mol. The van der Waals surface area contributed by atoms with Gasteiger partial charge in [0.15, 0.2) is 0 Å². The summed E-state index contributed by atoms with van der Waals surface area (Å²) in [6.07, 6.45) is 9.04. The van der Waals surface area contributed by atoms with Gasteiger partial charge in [-0.25, -0.2) is 0 Å². The lowest BCUT2D eigenvalue weighted by molar-refractivity contribution is -0.140. The van der Waals surface area contributed by atoms with Crippen LogP contribution < -0.4 is 0 Å². The van der Waals surface area contributed by atoms with E-state index in [4.69, 9.17) is 0 Å². The van der Waals surface area contributed by atoms with Crippen molar-refractivity contribution in [1.82, 2.24) is 4.98 Å². The maximum atomic E-state index is 11.1. The van der Waals surface area contributed by atoms with E-state index in [0.717, 1.165) is 40.4 Å². The fourth-order valence-electron chi connectivity index (χ4n) is 2.34. The van der Waals surface area contributed by atoms with Gasteiger partial charge in [0.1, 0.15) is 0 Å². The number of rotatable bonds is 7. The second kappa shape index (κ2) is 9.26. The molecule has 0 saturated carbocycles. The standard InChI is InChI=1S/C19H20BrNO2/c1-23-19(22)11-4-2-3-10-18(16-8-6-12-21-14-16)15-7-5-9-17(20)13-15/h5-10,12-14H,2-4,11H2,1H3/b18-10-. The molecule has 0 saturated heterocycles. The lowest BCUT2D eigenvalue weighted by atomic mass is 9.97. The molecule has 2 aromatic rings. The number of pyridine rings is 1. The topological polar surface area (TPSA) is 39.2 Å². The largest absolute Gasteiger partial charge is 0.469 e. The molecule has 120 valence electrons. The zero-order valence-corrected chi connectivity index (χ0v) is 14.8. The van der Waals surface area contributed by atoms with E-state index in [1.807, 2.05) is 24.4 Å². The molecule has 0 amide bonds. The van der Waals surface area contributed by atoms with Crippen molar-refractivity contribution >= 4 is 27.5 Å². The van der Waals surface area contributed by atoms with Crippen LogP contribution in [0.15, 0.2) is 59.3 Å². The quantitative estimate of drug-likeness (QED) is 0.505. The molecule has 1 aromatic heterocycles. The number of ether oxygens (including phenoxy) is 1. The van der Waals surface area contributed by atoms with Gasteiger partial charge in [-0.05, 0) is 48.6 Å². The number of hydrogen-bond acceptors (Lipinski definition) is 3. The lowest BCUT2D eigenvalue weighted by Crippen LogP contribution is -1.99. The van der Waals surface area contributed by atoms with Crippen LogP contribution in [0.5, 0.6) is 0 Å². The number of esters is 1. The third-order valence-corrected chi connectivity index (χ3v) is 4.01. The predicted octanol–water partition coefficient (Wildman–Crippen LogP) is 5.01.